The van der Waals surface area contributed by atoms with E-state index in [4.69, 9.17) is 14.7 Å². The van der Waals surface area contributed by atoms with Crippen LogP contribution in [0.3, 0.4) is 0 Å². The van der Waals surface area contributed by atoms with Gasteiger partial charge < -0.3 is 9.30 Å². The number of benzene rings is 1. The van der Waals surface area contributed by atoms with Crippen LogP contribution in [0.15, 0.2) is 36.7 Å². The highest BCUT2D eigenvalue weighted by atomic mass is 32.2. The smallest absolute Gasteiger partial charge is 0.147 e. The number of nitrogens with zero attached hydrogens (tertiary/aromatic N) is 3. The van der Waals surface area contributed by atoms with Crippen molar-refractivity contribution in [1.82, 2.24) is 14.5 Å². The first-order chi connectivity index (χ1) is 14.8. The molecule has 0 saturated heterocycles. The molecule has 31 heavy (non-hydrogen) atoms. The minimum Gasteiger partial charge on any atom is -0.493 e. The summed E-state index contributed by atoms with van der Waals surface area (Å²) in [4.78, 5) is 9.57. The number of ether oxygens (including phenoxy) is 1. The van der Waals surface area contributed by atoms with Gasteiger partial charge in [0.1, 0.15) is 21.1 Å². The van der Waals surface area contributed by atoms with Gasteiger partial charge in [-0.1, -0.05) is 38.0 Å². The van der Waals surface area contributed by atoms with Gasteiger partial charge >= 0.3 is 0 Å². The predicted molar refractivity (Wildman–Crippen MR) is 126 cm³/mol. The second kappa shape index (κ2) is 10.3. The van der Waals surface area contributed by atoms with Crippen LogP contribution in [-0.4, -0.2) is 41.6 Å². The molecule has 1 aromatic carbocycles. The molecule has 168 valence electrons. The van der Waals surface area contributed by atoms with Gasteiger partial charge in [-0.15, -0.1) is 0 Å². The van der Waals surface area contributed by atoms with Crippen LogP contribution < -0.4 is 4.74 Å². The van der Waals surface area contributed by atoms with Gasteiger partial charge in [-0.2, -0.15) is 0 Å². The maximum Gasteiger partial charge on any atom is 0.147 e. The average molecular weight is 444 g/mol. The normalized spacial score (nSPS) is 12.9. The topological polar surface area (TPSA) is 74.1 Å². The number of hydrogen-bond donors (Lipinski definition) is 0. The molecule has 3 aromatic rings. The van der Waals surface area contributed by atoms with Crippen LogP contribution in [0.25, 0.3) is 11.0 Å². The lowest BCUT2D eigenvalue weighted by atomic mass is 10.0. The minimum atomic E-state index is -2.86. The van der Waals surface area contributed by atoms with E-state index in [2.05, 4.69) is 18.4 Å². The molecule has 0 amide bonds. The van der Waals surface area contributed by atoms with Crippen molar-refractivity contribution in [2.24, 2.45) is 0 Å². The van der Waals surface area contributed by atoms with Crippen molar-refractivity contribution in [2.75, 3.05) is 18.6 Å². The molecule has 0 radical (unpaired) electrons. The first-order valence-electron chi connectivity index (χ1n) is 10.9. The number of rotatable bonds is 11. The molecule has 2 heterocycles. The number of aromatic nitrogens is 3. The number of fused-ring (bicyclic) bond motifs is 1. The Labute approximate surface area is 185 Å². The highest BCUT2D eigenvalue weighted by molar-refractivity contribution is 7.90. The van der Waals surface area contributed by atoms with Gasteiger partial charge in [-0.25, -0.2) is 13.4 Å². The van der Waals surface area contributed by atoms with Crippen LogP contribution in [-0.2, 0) is 16.4 Å². The molecule has 0 fully saturated rings. The lowest BCUT2D eigenvalue weighted by Crippen LogP contribution is -2.11. The minimum absolute atomic E-state index is 0.112. The third-order valence-corrected chi connectivity index (χ3v) is 6.67. The zero-order valence-electron chi connectivity index (χ0n) is 19.0. The Morgan fingerprint density at radius 1 is 1.06 bits per heavy atom. The molecular formula is C24H33N3O3S. The second-order valence-corrected chi connectivity index (χ2v) is 10.7. The van der Waals surface area contributed by atoms with E-state index in [9.17, 15) is 8.42 Å². The highest BCUT2D eigenvalue weighted by Crippen LogP contribution is 2.28. The van der Waals surface area contributed by atoms with Crippen LogP contribution >= 0.6 is 0 Å². The summed E-state index contributed by atoms with van der Waals surface area (Å²) in [6.45, 7) is 7.69. The van der Waals surface area contributed by atoms with E-state index in [0.29, 0.717) is 6.61 Å². The zero-order chi connectivity index (χ0) is 22.4. The van der Waals surface area contributed by atoms with E-state index >= 15 is 0 Å². The standard InChI is InChI=1S/C24H33N3O3S/c1-18(16-30-21-12-8-7-9-13-21)22-23-24(19(2)20(3)26-22)27(17-25-23)14-10-5-6-11-15-31(4,28)29/h7-9,12-13,17-18H,5-6,10-11,14-16H2,1-4H3. The molecular weight excluding hydrogens is 410 g/mol. The second-order valence-electron chi connectivity index (χ2n) is 8.41. The van der Waals surface area contributed by atoms with Crippen LogP contribution in [0.2, 0.25) is 0 Å². The van der Waals surface area contributed by atoms with Crippen LogP contribution in [0.1, 0.15) is 55.5 Å². The summed E-state index contributed by atoms with van der Waals surface area (Å²) >= 11 is 0. The van der Waals surface area contributed by atoms with Crippen molar-refractivity contribution < 1.29 is 13.2 Å². The van der Waals surface area contributed by atoms with Gasteiger partial charge in [-0.3, -0.25) is 4.98 Å². The van der Waals surface area contributed by atoms with E-state index < -0.39 is 9.84 Å². The van der Waals surface area contributed by atoms with E-state index in [-0.39, 0.29) is 11.7 Å². The molecule has 0 saturated carbocycles. The van der Waals surface area contributed by atoms with Crippen molar-refractivity contribution in [3.63, 3.8) is 0 Å². The fourth-order valence-electron chi connectivity index (χ4n) is 3.78. The number of para-hydroxylation sites is 1. The fourth-order valence-corrected chi connectivity index (χ4v) is 4.51. The fraction of sp³-hybridized carbons (Fsp3) is 0.500. The highest BCUT2D eigenvalue weighted by Gasteiger charge is 2.19. The molecule has 0 spiro atoms. The van der Waals surface area contributed by atoms with Crippen LogP contribution in [0, 0.1) is 13.8 Å². The molecule has 2 aromatic heterocycles. The third kappa shape index (κ3) is 6.29. The Morgan fingerprint density at radius 2 is 1.77 bits per heavy atom. The Hall–Kier alpha value is -2.41. The van der Waals surface area contributed by atoms with Crippen LogP contribution in [0.5, 0.6) is 5.75 Å². The van der Waals surface area contributed by atoms with Crippen molar-refractivity contribution in [3.05, 3.63) is 53.6 Å². The first kappa shape index (κ1) is 23.3. The number of aryl methyl sites for hydroxylation is 3. The summed E-state index contributed by atoms with van der Waals surface area (Å²) in [7, 11) is -2.86. The van der Waals surface area contributed by atoms with Crippen molar-refractivity contribution in [3.8, 4) is 5.75 Å². The molecule has 1 unspecified atom stereocenters. The number of imidazole rings is 1. The SMILES string of the molecule is Cc1nc(C(C)COc2ccccc2)c2ncn(CCCCCCS(C)(=O)=O)c2c1C. The molecule has 6 nitrogen and oxygen atoms in total. The summed E-state index contributed by atoms with van der Waals surface area (Å²) in [6, 6.07) is 9.83. The molecule has 0 aliphatic rings. The number of sulfone groups is 1. The summed E-state index contributed by atoms with van der Waals surface area (Å²) < 4.78 is 30.7. The number of hydrogen-bond acceptors (Lipinski definition) is 5. The molecule has 0 aliphatic carbocycles. The van der Waals surface area contributed by atoms with Crippen molar-refractivity contribution in [1.29, 1.82) is 0 Å². The van der Waals surface area contributed by atoms with E-state index in [0.717, 1.165) is 66.0 Å². The molecule has 0 bridgehead atoms. The van der Waals surface area contributed by atoms with Gasteiger partial charge in [0.2, 0.25) is 0 Å². The molecule has 0 aliphatic heterocycles. The van der Waals surface area contributed by atoms with Crippen molar-refractivity contribution >= 4 is 20.9 Å². The maximum atomic E-state index is 11.3. The summed E-state index contributed by atoms with van der Waals surface area (Å²) in [5.74, 6) is 1.24. The molecule has 7 heteroatoms. The van der Waals surface area contributed by atoms with Gasteiger partial charge in [0.25, 0.3) is 0 Å². The van der Waals surface area contributed by atoms with Gasteiger partial charge in [0.05, 0.1) is 24.1 Å². The third-order valence-electron chi connectivity index (χ3n) is 5.64. The number of pyridine rings is 1. The first-order valence-corrected chi connectivity index (χ1v) is 13.0. The summed E-state index contributed by atoms with van der Waals surface area (Å²) in [5.41, 5.74) is 5.24. The lowest BCUT2D eigenvalue weighted by Gasteiger charge is -2.16. The Bertz CT molecular complexity index is 1110. The van der Waals surface area contributed by atoms with Gasteiger partial charge in [0.15, 0.2) is 0 Å². The Balaban J connectivity index is 1.68. The Morgan fingerprint density at radius 3 is 2.48 bits per heavy atom. The quantitative estimate of drug-likeness (QED) is 0.397. The van der Waals surface area contributed by atoms with Gasteiger partial charge in [0, 0.05) is 30.2 Å². The summed E-state index contributed by atoms with van der Waals surface area (Å²) in [5, 5.41) is 0. The molecule has 3 rings (SSSR count). The van der Waals surface area contributed by atoms with E-state index in [1.807, 2.05) is 43.6 Å². The van der Waals surface area contributed by atoms with E-state index in [1.54, 1.807) is 0 Å². The lowest BCUT2D eigenvalue weighted by molar-refractivity contribution is 0.294. The predicted octanol–water partition coefficient (Wildman–Crippen LogP) is 4.84. The largest absolute Gasteiger partial charge is 0.493 e. The molecule has 1 atom stereocenters. The van der Waals surface area contributed by atoms with Gasteiger partial charge in [-0.05, 0) is 44.4 Å². The van der Waals surface area contributed by atoms with E-state index in [1.165, 1.54) is 6.26 Å². The summed E-state index contributed by atoms with van der Waals surface area (Å²) in [6.07, 6.45) is 6.87. The van der Waals surface area contributed by atoms with Crippen LogP contribution in [0.4, 0.5) is 0 Å². The average Bonchev–Trinajstić information content (AvgIpc) is 3.15. The zero-order valence-corrected chi connectivity index (χ0v) is 19.8. The Kier molecular flexibility index (Phi) is 7.70. The number of unbranched alkanes of at least 4 members (excludes halogenated alkanes) is 3. The van der Waals surface area contributed by atoms with Crippen molar-refractivity contribution in [2.45, 2.75) is 58.9 Å². The molecule has 0 N–H and O–H groups in total. The monoisotopic (exact) mass is 443 g/mol. The maximum absolute atomic E-state index is 11.3.